The highest BCUT2D eigenvalue weighted by molar-refractivity contribution is 7.18. The second kappa shape index (κ2) is 6.08. The van der Waals surface area contributed by atoms with Crippen LogP contribution in [0.1, 0.15) is 30.0 Å². The van der Waals surface area contributed by atoms with Crippen LogP contribution in [-0.2, 0) is 0 Å². The number of rotatable bonds is 3. The van der Waals surface area contributed by atoms with Gasteiger partial charge in [0.1, 0.15) is 5.69 Å². The van der Waals surface area contributed by atoms with Crippen LogP contribution in [0.5, 0.6) is 0 Å². The lowest BCUT2D eigenvalue weighted by molar-refractivity contribution is 0.713. The number of nitrogens with zero attached hydrogens (tertiary/aromatic N) is 4. The van der Waals surface area contributed by atoms with Gasteiger partial charge in [-0.3, -0.25) is 4.98 Å². The van der Waals surface area contributed by atoms with Gasteiger partial charge in [-0.2, -0.15) is 0 Å². The molecule has 0 saturated carbocycles. The Balaban J connectivity index is 1.62. The molecule has 0 radical (unpaired) electrons. The lowest BCUT2D eigenvalue weighted by Gasteiger charge is -2.23. The molecule has 0 aliphatic carbocycles. The number of anilines is 1. The predicted octanol–water partition coefficient (Wildman–Crippen LogP) is 4.25. The molecule has 0 unspecified atom stereocenters. The van der Waals surface area contributed by atoms with Crippen LogP contribution in [-0.4, -0.2) is 21.7 Å². The number of aryl methyl sites for hydroxylation is 1. The van der Waals surface area contributed by atoms with Crippen molar-refractivity contribution < 1.29 is 0 Å². The summed E-state index contributed by atoms with van der Waals surface area (Å²) in [5.74, 6) is 0. The highest BCUT2D eigenvalue weighted by atomic mass is 32.1. The summed E-state index contributed by atoms with van der Waals surface area (Å²) in [5.41, 5.74) is 3.55. The predicted molar refractivity (Wildman–Crippen MR) is 93.6 cm³/mol. The summed E-state index contributed by atoms with van der Waals surface area (Å²) < 4.78 is 0. The third-order valence-electron chi connectivity index (χ3n) is 4.26. The summed E-state index contributed by atoms with van der Waals surface area (Å²) in [7, 11) is 0. The molecule has 4 nitrogen and oxygen atoms in total. The first-order chi connectivity index (χ1) is 11.3. The molecule has 1 aliphatic heterocycles. The van der Waals surface area contributed by atoms with Gasteiger partial charge in [0, 0.05) is 12.7 Å². The van der Waals surface area contributed by atoms with Crippen molar-refractivity contribution in [3.05, 3.63) is 59.8 Å². The number of benzene rings is 1. The van der Waals surface area contributed by atoms with Crippen LogP contribution in [0.15, 0.2) is 48.7 Å². The SMILES string of the molecule is Cc1ccc([C@H]2CCCN2c2nnc(-c3ccccn3)s2)cc1. The Bertz CT molecular complexity index is 782. The summed E-state index contributed by atoms with van der Waals surface area (Å²) >= 11 is 1.63. The summed E-state index contributed by atoms with van der Waals surface area (Å²) in [6.45, 7) is 3.16. The average Bonchev–Trinajstić information content (AvgIpc) is 3.25. The lowest BCUT2D eigenvalue weighted by Crippen LogP contribution is -2.22. The average molecular weight is 322 g/mol. The van der Waals surface area contributed by atoms with E-state index in [1.54, 1.807) is 17.5 Å². The van der Waals surface area contributed by atoms with Crippen LogP contribution >= 0.6 is 11.3 Å². The van der Waals surface area contributed by atoms with Crippen LogP contribution in [0.25, 0.3) is 10.7 Å². The summed E-state index contributed by atoms with van der Waals surface area (Å²) in [5, 5.41) is 10.6. The fourth-order valence-electron chi connectivity index (χ4n) is 3.06. The lowest BCUT2D eigenvalue weighted by atomic mass is 10.0. The zero-order chi connectivity index (χ0) is 15.6. The molecule has 3 aromatic rings. The maximum atomic E-state index is 4.42. The van der Waals surface area contributed by atoms with Gasteiger partial charge in [0.15, 0.2) is 5.01 Å². The van der Waals surface area contributed by atoms with Gasteiger partial charge in [0.05, 0.1) is 6.04 Å². The minimum Gasteiger partial charge on any atom is -0.340 e. The quantitative estimate of drug-likeness (QED) is 0.723. The van der Waals surface area contributed by atoms with Gasteiger partial charge in [-0.15, -0.1) is 10.2 Å². The Hall–Kier alpha value is -2.27. The first kappa shape index (κ1) is 14.3. The van der Waals surface area contributed by atoms with E-state index in [4.69, 9.17) is 0 Å². The minimum atomic E-state index is 0.403. The van der Waals surface area contributed by atoms with Crippen LogP contribution in [0.4, 0.5) is 5.13 Å². The molecule has 1 aromatic carbocycles. The summed E-state index contributed by atoms with van der Waals surface area (Å²) in [6.07, 6.45) is 4.15. The molecule has 0 N–H and O–H groups in total. The molecule has 5 heteroatoms. The van der Waals surface area contributed by atoms with Gasteiger partial charge >= 0.3 is 0 Å². The van der Waals surface area contributed by atoms with E-state index in [-0.39, 0.29) is 0 Å². The highest BCUT2D eigenvalue weighted by Crippen LogP contribution is 2.38. The molecule has 4 rings (SSSR count). The molecular formula is C18H18N4S. The van der Waals surface area contributed by atoms with E-state index in [2.05, 4.69) is 51.3 Å². The molecule has 1 saturated heterocycles. The monoisotopic (exact) mass is 322 g/mol. The topological polar surface area (TPSA) is 41.9 Å². The molecular weight excluding hydrogens is 304 g/mol. The third-order valence-corrected chi connectivity index (χ3v) is 5.24. The van der Waals surface area contributed by atoms with Crippen molar-refractivity contribution in [2.45, 2.75) is 25.8 Å². The summed E-state index contributed by atoms with van der Waals surface area (Å²) in [6, 6.07) is 15.1. The number of aromatic nitrogens is 3. The summed E-state index contributed by atoms with van der Waals surface area (Å²) in [4.78, 5) is 6.75. The van der Waals surface area contributed by atoms with Crippen molar-refractivity contribution >= 4 is 16.5 Å². The van der Waals surface area contributed by atoms with E-state index in [1.807, 2.05) is 18.2 Å². The van der Waals surface area contributed by atoms with Gasteiger partial charge in [0.25, 0.3) is 0 Å². The number of hydrogen-bond acceptors (Lipinski definition) is 5. The first-order valence-corrected chi connectivity index (χ1v) is 8.71. The van der Waals surface area contributed by atoms with Gasteiger partial charge in [-0.25, -0.2) is 0 Å². The van der Waals surface area contributed by atoms with Crippen molar-refractivity contribution in [1.29, 1.82) is 0 Å². The van der Waals surface area contributed by atoms with E-state index in [9.17, 15) is 0 Å². The van der Waals surface area contributed by atoms with Crippen molar-refractivity contribution in [2.24, 2.45) is 0 Å². The maximum absolute atomic E-state index is 4.42. The Morgan fingerprint density at radius 1 is 1.09 bits per heavy atom. The molecule has 1 aliphatic rings. The zero-order valence-electron chi connectivity index (χ0n) is 13.0. The fraction of sp³-hybridized carbons (Fsp3) is 0.278. The van der Waals surface area contributed by atoms with Crippen molar-refractivity contribution in [3.63, 3.8) is 0 Å². The number of pyridine rings is 1. The Labute approximate surface area is 139 Å². The molecule has 23 heavy (non-hydrogen) atoms. The minimum absolute atomic E-state index is 0.403. The number of hydrogen-bond donors (Lipinski definition) is 0. The highest BCUT2D eigenvalue weighted by Gasteiger charge is 2.28. The van der Waals surface area contributed by atoms with E-state index in [0.717, 1.165) is 22.4 Å². The molecule has 1 fully saturated rings. The van der Waals surface area contributed by atoms with E-state index < -0.39 is 0 Å². The second-order valence-corrected chi connectivity index (χ2v) is 6.82. The van der Waals surface area contributed by atoms with Gasteiger partial charge in [-0.05, 0) is 37.5 Å². The Morgan fingerprint density at radius 3 is 2.74 bits per heavy atom. The smallest absolute Gasteiger partial charge is 0.209 e. The van der Waals surface area contributed by atoms with Gasteiger partial charge in [-0.1, -0.05) is 47.2 Å². The van der Waals surface area contributed by atoms with Crippen molar-refractivity contribution in [2.75, 3.05) is 11.4 Å². The third kappa shape index (κ3) is 2.84. The normalized spacial score (nSPS) is 17.6. The van der Waals surface area contributed by atoms with E-state index >= 15 is 0 Å². The molecule has 0 bridgehead atoms. The van der Waals surface area contributed by atoms with E-state index in [0.29, 0.717) is 6.04 Å². The maximum Gasteiger partial charge on any atom is 0.209 e. The molecule has 0 spiro atoms. The Morgan fingerprint density at radius 2 is 1.96 bits per heavy atom. The standard InChI is InChI=1S/C18H18N4S/c1-13-7-9-14(10-8-13)16-6-4-12-22(16)18-21-20-17(23-18)15-5-2-3-11-19-15/h2-3,5,7-11,16H,4,6,12H2,1H3/t16-/m1/s1. The second-order valence-electron chi connectivity index (χ2n) is 5.87. The molecule has 2 aromatic heterocycles. The molecule has 1 atom stereocenters. The van der Waals surface area contributed by atoms with Gasteiger partial charge < -0.3 is 4.90 Å². The molecule has 0 amide bonds. The Kier molecular flexibility index (Phi) is 3.79. The largest absolute Gasteiger partial charge is 0.340 e. The van der Waals surface area contributed by atoms with Crippen LogP contribution < -0.4 is 4.90 Å². The first-order valence-electron chi connectivity index (χ1n) is 7.89. The van der Waals surface area contributed by atoms with Crippen molar-refractivity contribution in [1.82, 2.24) is 15.2 Å². The van der Waals surface area contributed by atoms with Crippen LogP contribution in [0.3, 0.4) is 0 Å². The van der Waals surface area contributed by atoms with Gasteiger partial charge in [0.2, 0.25) is 5.13 Å². The molecule has 3 heterocycles. The zero-order valence-corrected chi connectivity index (χ0v) is 13.8. The van der Waals surface area contributed by atoms with Crippen molar-refractivity contribution in [3.8, 4) is 10.7 Å². The fourth-order valence-corrected chi connectivity index (χ4v) is 3.95. The van der Waals surface area contributed by atoms with E-state index in [1.165, 1.54) is 24.0 Å². The molecule has 116 valence electrons. The van der Waals surface area contributed by atoms with Crippen LogP contribution in [0, 0.1) is 6.92 Å². The van der Waals surface area contributed by atoms with Crippen LogP contribution in [0.2, 0.25) is 0 Å².